The van der Waals surface area contributed by atoms with Crippen molar-refractivity contribution in [2.45, 2.75) is 89.9 Å². The van der Waals surface area contributed by atoms with Gasteiger partial charge in [-0.25, -0.2) is 0 Å². The van der Waals surface area contributed by atoms with Gasteiger partial charge in [-0.05, 0) is 87.0 Å². The smallest absolute Gasteiger partial charge is 0.0809 e. The molecule has 0 radical (unpaired) electrons. The van der Waals surface area contributed by atoms with Gasteiger partial charge < -0.3 is 20.2 Å². The Morgan fingerprint density at radius 1 is 1.13 bits per heavy atom. The van der Waals surface area contributed by atoms with Crippen LogP contribution in [0.4, 0.5) is 0 Å². The average Bonchev–Trinajstić information content (AvgIpc) is 3.22. The molecule has 1 heterocycles. The molecule has 4 fully saturated rings. The van der Waals surface area contributed by atoms with Crippen LogP contribution in [0, 0.1) is 23.2 Å². The van der Waals surface area contributed by atoms with Crippen molar-refractivity contribution in [1.82, 2.24) is 4.90 Å². The fourth-order valence-electron chi connectivity index (χ4n) is 7.37. The van der Waals surface area contributed by atoms with Crippen LogP contribution in [-0.2, 0) is 0 Å². The predicted molar refractivity (Wildman–Crippen MR) is 126 cm³/mol. The van der Waals surface area contributed by atoms with Crippen molar-refractivity contribution < 1.29 is 15.3 Å². The van der Waals surface area contributed by atoms with Gasteiger partial charge in [0.25, 0.3) is 0 Å². The number of hydrogen-bond donors (Lipinski definition) is 3. The summed E-state index contributed by atoms with van der Waals surface area (Å²) in [6.45, 7) is 13.7. The van der Waals surface area contributed by atoms with Gasteiger partial charge in [0.2, 0.25) is 0 Å². The molecule has 1 saturated heterocycles. The third-order valence-electron chi connectivity index (χ3n) is 9.10. The van der Waals surface area contributed by atoms with E-state index >= 15 is 0 Å². The van der Waals surface area contributed by atoms with E-state index in [0.29, 0.717) is 35.7 Å². The third kappa shape index (κ3) is 4.73. The highest BCUT2D eigenvalue weighted by molar-refractivity contribution is 5.29. The van der Waals surface area contributed by atoms with Gasteiger partial charge in [-0.1, -0.05) is 43.7 Å². The molecule has 1 aliphatic heterocycles. The summed E-state index contributed by atoms with van der Waals surface area (Å²) in [6.07, 6.45) is 11.7. The van der Waals surface area contributed by atoms with Crippen LogP contribution in [0.15, 0.2) is 35.5 Å². The minimum Gasteiger partial charge on any atom is -0.389 e. The maximum atomic E-state index is 10.3. The maximum absolute atomic E-state index is 10.3. The molecule has 0 aromatic carbocycles. The molecule has 0 aromatic heterocycles. The number of fused-ring (bicyclic) bond motifs is 1. The number of β-amino-alcohol motifs (C(OH)–C–C–N with tert-alkyl or cyclic N) is 1. The van der Waals surface area contributed by atoms with Crippen molar-refractivity contribution in [2.75, 3.05) is 19.6 Å². The lowest BCUT2D eigenvalue weighted by Crippen LogP contribution is -2.40. The van der Waals surface area contributed by atoms with Gasteiger partial charge in [0.15, 0.2) is 0 Å². The maximum Gasteiger partial charge on any atom is 0.0809 e. The van der Waals surface area contributed by atoms with Crippen LogP contribution in [0.25, 0.3) is 0 Å². The van der Waals surface area contributed by atoms with Crippen molar-refractivity contribution in [2.24, 2.45) is 23.2 Å². The van der Waals surface area contributed by atoms with Crippen molar-refractivity contribution in [3.8, 4) is 0 Å². The molecular weight excluding hydrogens is 386 g/mol. The fraction of sp³-hybridized carbons (Fsp3) is 0.778. The van der Waals surface area contributed by atoms with E-state index in [1.807, 2.05) is 6.92 Å². The summed E-state index contributed by atoms with van der Waals surface area (Å²) in [6, 6.07) is 0. The molecule has 4 rings (SSSR count). The molecule has 174 valence electrons. The van der Waals surface area contributed by atoms with E-state index in [4.69, 9.17) is 0 Å². The number of nitrogens with zero attached hydrogens (tertiary/aromatic N) is 1. The standard InChI is InChI=1S/C27H43NO3/c1-18(16-28-13-12-26(3,31)17-28)22-9-10-23-21(6-5-11-27(22,23)4)8-7-20-14-24(29)19(2)25(30)15-20/h7-8,18,22-25,29-31H,2,5-6,9-17H2,1,3-4H3/b20-7-,21-8?/t18?,22-,23+,24-,25+,26?,27-/m1/s1. The van der Waals surface area contributed by atoms with E-state index in [1.165, 1.54) is 32.1 Å². The Hall–Kier alpha value is -0.940. The molecule has 0 aromatic rings. The van der Waals surface area contributed by atoms with E-state index in [1.54, 1.807) is 5.57 Å². The number of aliphatic hydroxyl groups is 3. The Kier molecular flexibility index (Phi) is 6.58. The van der Waals surface area contributed by atoms with E-state index in [9.17, 15) is 15.3 Å². The summed E-state index contributed by atoms with van der Waals surface area (Å²) in [5.74, 6) is 2.04. The number of hydrogen-bond acceptors (Lipinski definition) is 4. The molecule has 0 amide bonds. The largest absolute Gasteiger partial charge is 0.389 e. The fourth-order valence-corrected chi connectivity index (χ4v) is 7.37. The molecular formula is C27H43NO3. The van der Waals surface area contributed by atoms with E-state index in [-0.39, 0.29) is 0 Å². The van der Waals surface area contributed by atoms with Gasteiger partial charge in [-0.2, -0.15) is 0 Å². The molecule has 4 heteroatoms. The van der Waals surface area contributed by atoms with E-state index < -0.39 is 17.8 Å². The zero-order valence-electron chi connectivity index (χ0n) is 19.8. The number of rotatable bonds is 4. The molecule has 31 heavy (non-hydrogen) atoms. The predicted octanol–water partition coefficient (Wildman–Crippen LogP) is 4.22. The molecule has 3 aliphatic carbocycles. The zero-order valence-corrected chi connectivity index (χ0v) is 19.8. The Balaban J connectivity index is 1.44. The third-order valence-corrected chi connectivity index (χ3v) is 9.10. The molecule has 2 unspecified atom stereocenters. The zero-order chi connectivity index (χ0) is 22.4. The second kappa shape index (κ2) is 8.78. The number of aliphatic hydroxyl groups excluding tert-OH is 2. The minimum absolute atomic E-state index is 0.365. The van der Waals surface area contributed by atoms with Gasteiger partial charge >= 0.3 is 0 Å². The highest BCUT2D eigenvalue weighted by Gasteiger charge is 2.51. The van der Waals surface area contributed by atoms with Crippen LogP contribution < -0.4 is 0 Å². The first-order chi connectivity index (χ1) is 14.6. The summed E-state index contributed by atoms with van der Waals surface area (Å²) in [5, 5.41) is 30.6. The lowest BCUT2D eigenvalue weighted by molar-refractivity contribution is 0.0549. The second-order valence-electron chi connectivity index (χ2n) is 11.6. The molecule has 4 nitrogen and oxygen atoms in total. The van der Waals surface area contributed by atoms with Crippen LogP contribution in [0.1, 0.15) is 72.1 Å². The lowest BCUT2D eigenvalue weighted by Gasteiger charge is -2.45. The quantitative estimate of drug-likeness (QED) is 0.586. The van der Waals surface area contributed by atoms with Crippen LogP contribution in [-0.4, -0.2) is 57.7 Å². The topological polar surface area (TPSA) is 63.9 Å². The first-order valence-electron chi connectivity index (χ1n) is 12.5. The SMILES string of the molecule is C=C1[C@H](O)C/C(=C/C=C2CCC[C@]3(C)[C@@H](C(C)CN4CCC(C)(O)C4)CC[C@@H]23)C[C@@H]1O. The Morgan fingerprint density at radius 3 is 2.48 bits per heavy atom. The highest BCUT2D eigenvalue weighted by atomic mass is 16.3. The van der Waals surface area contributed by atoms with Gasteiger partial charge in [-0.15, -0.1) is 0 Å². The van der Waals surface area contributed by atoms with Crippen molar-refractivity contribution in [1.29, 1.82) is 0 Å². The van der Waals surface area contributed by atoms with E-state index in [2.05, 4.69) is 37.5 Å². The summed E-state index contributed by atoms with van der Waals surface area (Å²) < 4.78 is 0. The normalized spacial score (nSPS) is 45.4. The Bertz CT molecular complexity index is 738. The van der Waals surface area contributed by atoms with Crippen molar-refractivity contribution in [3.05, 3.63) is 35.5 Å². The highest BCUT2D eigenvalue weighted by Crippen LogP contribution is 2.59. The molecule has 7 atom stereocenters. The van der Waals surface area contributed by atoms with Crippen LogP contribution in [0.2, 0.25) is 0 Å². The molecule has 0 bridgehead atoms. The summed E-state index contributed by atoms with van der Waals surface area (Å²) in [5.41, 5.74) is 3.12. The van der Waals surface area contributed by atoms with Crippen LogP contribution >= 0.6 is 0 Å². The lowest BCUT2D eigenvalue weighted by atomic mass is 9.61. The van der Waals surface area contributed by atoms with Gasteiger partial charge in [0.05, 0.1) is 17.8 Å². The van der Waals surface area contributed by atoms with Gasteiger partial charge in [0, 0.05) is 19.6 Å². The molecule has 4 aliphatic rings. The van der Waals surface area contributed by atoms with Crippen LogP contribution in [0.3, 0.4) is 0 Å². The summed E-state index contributed by atoms with van der Waals surface area (Å²) in [4.78, 5) is 2.47. The van der Waals surface area contributed by atoms with E-state index in [0.717, 1.165) is 37.5 Å². The number of likely N-dealkylation sites (tertiary alicyclic amines) is 1. The Morgan fingerprint density at radius 2 is 1.84 bits per heavy atom. The summed E-state index contributed by atoms with van der Waals surface area (Å²) >= 11 is 0. The van der Waals surface area contributed by atoms with Gasteiger partial charge in [0.1, 0.15) is 0 Å². The minimum atomic E-state index is -0.618. The van der Waals surface area contributed by atoms with Crippen LogP contribution in [0.5, 0.6) is 0 Å². The molecule has 3 saturated carbocycles. The Labute approximate surface area is 188 Å². The van der Waals surface area contributed by atoms with Gasteiger partial charge in [-0.3, -0.25) is 0 Å². The monoisotopic (exact) mass is 429 g/mol. The van der Waals surface area contributed by atoms with Crippen molar-refractivity contribution in [3.63, 3.8) is 0 Å². The second-order valence-corrected chi connectivity index (χ2v) is 11.6. The molecule has 0 spiro atoms. The number of allylic oxidation sites excluding steroid dienone is 3. The molecule has 3 N–H and O–H groups in total. The average molecular weight is 430 g/mol. The van der Waals surface area contributed by atoms with Crippen molar-refractivity contribution >= 4 is 0 Å². The summed E-state index contributed by atoms with van der Waals surface area (Å²) in [7, 11) is 0. The first kappa shape index (κ1) is 23.2. The first-order valence-corrected chi connectivity index (χ1v) is 12.5.